The zero-order chi connectivity index (χ0) is 23.4. The quantitative estimate of drug-likeness (QED) is 0.272. The van der Waals surface area contributed by atoms with Crippen molar-refractivity contribution in [2.75, 3.05) is 19.0 Å². The van der Waals surface area contributed by atoms with Crippen molar-refractivity contribution in [3.8, 4) is 11.5 Å². The smallest absolute Gasteiger partial charge is 0.257 e. The average Bonchev–Trinajstić information content (AvgIpc) is 2.81. The minimum atomic E-state index is -0.463. The monoisotopic (exact) mass is 483 g/mol. The number of carbonyl (C=O) groups excluding carboxylic acids is 1. The number of ether oxygens (including phenoxy) is 2. The third-order valence-electron chi connectivity index (χ3n) is 5.20. The summed E-state index contributed by atoms with van der Waals surface area (Å²) in [5, 5.41) is 3.80. The molecule has 2 aromatic carbocycles. The Morgan fingerprint density at radius 2 is 2.06 bits per heavy atom. The fraction of sp³-hybridized carbons (Fsp3) is 0.208. The maximum Gasteiger partial charge on any atom is 0.257 e. The van der Waals surface area contributed by atoms with E-state index in [0.717, 1.165) is 11.1 Å². The summed E-state index contributed by atoms with van der Waals surface area (Å²) in [5.41, 5.74) is 1.81. The number of hydrogen-bond donors (Lipinski definition) is 2. The van der Waals surface area contributed by atoms with Gasteiger partial charge in [-0.2, -0.15) is 0 Å². The molecule has 0 radical (unpaired) electrons. The van der Waals surface area contributed by atoms with Crippen molar-refractivity contribution in [2.24, 2.45) is 0 Å². The van der Waals surface area contributed by atoms with Gasteiger partial charge in [-0.1, -0.05) is 60.3 Å². The number of nitrogens with one attached hydrogen (secondary N) is 2. The number of aromatic nitrogens is 2. The van der Waals surface area contributed by atoms with Gasteiger partial charge in [-0.15, -0.1) is 0 Å². The molecule has 3 aromatic rings. The Kier molecular flexibility index (Phi) is 7.05. The van der Waals surface area contributed by atoms with E-state index in [9.17, 15) is 9.59 Å². The lowest BCUT2D eigenvalue weighted by molar-refractivity contribution is -0.116. The van der Waals surface area contributed by atoms with Crippen LogP contribution < -0.4 is 20.3 Å². The van der Waals surface area contributed by atoms with Gasteiger partial charge >= 0.3 is 0 Å². The standard InChI is InChI=1S/C24H22ClN3O4S/c1-3-10-32-18-9-8-14(11-19(18)31-2)16-12-20(29)26-22-21(16)23(30)28-24(27-22)33-13-15-6-4-5-7-17(15)25/h3-9,11,16H,1,10,12-13H2,2H3,(H2,26,27,28,29,30)/t16-/m1/s1. The van der Waals surface area contributed by atoms with Gasteiger partial charge in [-0.3, -0.25) is 9.59 Å². The number of nitrogens with zero attached hydrogens (tertiary/aromatic N) is 1. The fourth-order valence-corrected chi connectivity index (χ4v) is 4.78. The van der Waals surface area contributed by atoms with Crippen LogP contribution in [-0.4, -0.2) is 29.6 Å². The molecule has 7 nitrogen and oxygen atoms in total. The van der Waals surface area contributed by atoms with Gasteiger partial charge < -0.3 is 19.8 Å². The minimum absolute atomic E-state index is 0.125. The van der Waals surface area contributed by atoms with Gasteiger partial charge in [0.15, 0.2) is 16.7 Å². The van der Waals surface area contributed by atoms with Crippen LogP contribution in [0.25, 0.3) is 0 Å². The van der Waals surface area contributed by atoms with E-state index in [1.54, 1.807) is 18.2 Å². The topological polar surface area (TPSA) is 93.3 Å². The molecular weight excluding hydrogens is 462 g/mol. The van der Waals surface area contributed by atoms with Crippen LogP contribution in [0.5, 0.6) is 11.5 Å². The number of fused-ring (bicyclic) bond motifs is 1. The van der Waals surface area contributed by atoms with E-state index in [2.05, 4.69) is 21.9 Å². The number of hydrogen-bond acceptors (Lipinski definition) is 6. The molecule has 0 saturated carbocycles. The number of rotatable bonds is 8. The molecule has 0 aliphatic carbocycles. The highest BCUT2D eigenvalue weighted by Gasteiger charge is 2.31. The number of thioether (sulfide) groups is 1. The van der Waals surface area contributed by atoms with Gasteiger partial charge in [0.25, 0.3) is 5.56 Å². The van der Waals surface area contributed by atoms with Crippen LogP contribution in [0.3, 0.4) is 0 Å². The lowest BCUT2D eigenvalue weighted by Gasteiger charge is -2.25. The second-order valence-corrected chi connectivity index (χ2v) is 8.70. The Morgan fingerprint density at radius 1 is 1.24 bits per heavy atom. The van der Waals surface area contributed by atoms with Crippen LogP contribution in [0.4, 0.5) is 5.82 Å². The summed E-state index contributed by atoms with van der Waals surface area (Å²) in [6, 6.07) is 12.9. The summed E-state index contributed by atoms with van der Waals surface area (Å²) in [7, 11) is 1.54. The molecule has 2 N–H and O–H groups in total. The molecule has 0 saturated heterocycles. The number of amides is 1. The molecule has 0 bridgehead atoms. The van der Waals surface area contributed by atoms with Crippen molar-refractivity contribution in [3.63, 3.8) is 0 Å². The fourth-order valence-electron chi connectivity index (χ4n) is 3.63. The molecule has 4 rings (SSSR count). The van der Waals surface area contributed by atoms with E-state index in [0.29, 0.717) is 39.6 Å². The molecule has 170 valence electrons. The molecule has 0 fully saturated rings. The predicted octanol–water partition coefficient (Wildman–Crippen LogP) is 4.76. The normalized spacial score (nSPS) is 14.8. The maximum atomic E-state index is 13.1. The number of H-pyrrole nitrogens is 1. The first-order valence-electron chi connectivity index (χ1n) is 10.2. The van der Waals surface area contributed by atoms with Crippen LogP contribution in [-0.2, 0) is 10.5 Å². The first-order valence-corrected chi connectivity index (χ1v) is 11.6. The summed E-state index contributed by atoms with van der Waals surface area (Å²) in [5.74, 6) is 1.20. The number of anilines is 1. The zero-order valence-corrected chi connectivity index (χ0v) is 19.5. The summed E-state index contributed by atoms with van der Waals surface area (Å²) in [6.45, 7) is 3.98. The summed E-state index contributed by atoms with van der Waals surface area (Å²) >= 11 is 7.56. The van der Waals surface area contributed by atoms with Crippen LogP contribution >= 0.6 is 23.4 Å². The maximum absolute atomic E-state index is 13.1. The highest BCUT2D eigenvalue weighted by molar-refractivity contribution is 7.98. The van der Waals surface area contributed by atoms with Crippen molar-refractivity contribution in [1.29, 1.82) is 0 Å². The molecule has 2 heterocycles. The molecule has 1 amide bonds. The largest absolute Gasteiger partial charge is 0.493 e. The van der Waals surface area contributed by atoms with Crippen molar-refractivity contribution in [3.05, 3.63) is 87.2 Å². The number of carbonyl (C=O) groups is 1. The van der Waals surface area contributed by atoms with Gasteiger partial charge in [-0.05, 0) is 29.3 Å². The summed E-state index contributed by atoms with van der Waals surface area (Å²) in [4.78, 5) is 32.9. The van der Waals surface area contributed by atoms with Crippen LogP contribution in [0.1, 0.15) is 29.0 Å². The van der Waals surface area contributed by atoms with E-state index in [1.165, 1.54) is 18.9 Å². The van der Waals surface area contributed by atoms with E-state index >= 15 is 0 Å². The number of aromatic amines is 1. The molecule has 1 atom stereocenters. The Bertz CT molecular complexity index is 1260. The van der Waals surface area contributed by atoms with Gasteiger partial charge in [0.05, 0.1) is 12.7 Å². The van der Waals surface area contributed by atoms with Crippen molar-refractivity contribution in [2.45, 2.75) is 23.2 Å². The highest BCUT2D eigenvalue weighted by Crippen LogP contribution is 2.38. The Hall–Kier alpha value is -3.23. The molecule has 1 aliphatic rings. The summed E-state index contributed by atoms with van der Waals surface area (Å²) < 4.78 is 11.1. The van der Waals surface area contributed by atoms with Crippen LogP contribution in [0.15, 0.2) is 65.1 Å². The van der Waals surface area contributed by atoms with E-state index < -0.39 is 5.92 Å². The van der Waals surface area contributed by atoms with Crippen LogP contribution in [0.2, 0.25) is 5.02 Å². The molecule has 0 unspecified atom stereocenters. The van der Waals surface area contributed by atoms with Gasteiger partial charge in [0, 0.05) is 23.1 Å². The number of methoxy groups -OCH3 is 1. The van der Waals surface area contributed by atoms with E-state index in [-0.39, 0.29) is 23.7 Å². The Morgan fingerprint density at radius 3 is 2.82 bits per heavy atom. The molecule has 0 spiro atoms. The first-order chi connectivity index (χ1) is 16.0. The zero-order valence-electron chi connectivity index (χ0n) is 17.9. The third kappa shape index (κ3) is 5.07. The summed E-state index contributed by atoms with van der Waals surface area (Å²) in [6.07, 6.45) is 1.77. The Balaban J connectivity index is 1.65. The van der Waals surface area contributed by atoms with Gasteiger partial charge in [0.1, 0.15) is 12.4 Å². The number of halogens is 1. The van der Waals surface area contributed by atoms with Gasteiger partial charge in [0.2, 0.25) is 5.91 Å². The van der Waals surface area contributed by atoms with Crippen molar-refractivity contribution >= 4 is 35.1 Å². The third-order valence-corrected chi connectivity index (χ3v) is 6.49. The molecule has 9 heteroatoms. The second-order valence-electron chi connectivity index (χ2n) is 7.33. The van der Waals surface area contributed by atoms with Gasteiger partial charge in [-0.25, -0.2) is 4.98 Å². The molecule has 1 aliphatic heterocycles. The predicted molar refractivity (Wildman–Crippen MR) is 130 cm³/mol. The number of benzene rings is 2. The average molecular weight is 484 g/mol. The van der Waals surface area contributed by atoms with E-state index in [4.69, 9.17) is 21.1 Å². The molecular formula is C24H22ClN3O4S. The van der Waals surface area contributed by atoms with Crippen LogP contribution in [0, 0.1) is 0 Å². The lowest BCUT2D eigenvalue weighted by atomic mass is 9.86. The Labute approximate surface area is 200 Å². The lowest BCUT2D eigenvalue weighted by Crippen LogP contribution is -2.31. The van der Waals surface area contributed by atoms with E-state index in [1.807, 2.05) is 30.3 Å². The molecule has 33 heavy (non-hydrogen) atoms. The second kappa shape index (κ2) is 10.1. The minimum Gasteiger partial charge on any atom is -0.493 e. The van der Waals surface area contributed by atoms with Crippen molar-refractivity contribution < 1.29 is 14.3 Å². The molecule has 1 aromatic heterocycles. The SMILES string of the molecule is C=CCOc1ccc([C@H]2CC(=O)Nc3nc(SCc4ccccc4Cl)[nH]c(=O)c32)cc1OC. The first kappa shape index (κ1) is 22.9. The highest BCUT2D eigenvalue weighted by atomic mass is 35.5. The van der Waals surface area contributed by atoms with Crippen molar-refractivity contribution in [1.82, 2.24) is 9.97 Å².